The molecule has 4 rings (SSSR count). The molecule has 2 aromatic rings. The van der Waals surface area contributed by atoms with Crippen LogP contribution in [0, 0.1) is 17.8 Å². The van der Waals surface area contributed by atoms with Gasteiger partial charge in [0.25, 0.3) is 0 Å². The van der Waals surface area contributed by atoms with Crippen molar-refractivity contribution in [2.24, 2.45) is 17.8 Å². The van der Waals surface area contributed by atoms with Crippen LogP contribution in [-0.2, 0) is 19.9 Å². The van der Waals surface area contributed by atoms with Gasteiger partial charge in [-0.2, -0.15) is 17.5 Å². The lowest BCUT2D eigenvalue weighted by Crippen LogP contribution is -2.35. The number of sulfonamides is 1. The van der Waals surface area contributed by atoms with Gasteiger partial charge in [-0.05, 0) is 54.6 Å². The fourth-order valence-electron chi connectivity index (χ4n) is 4.15. The molecule has 1 aliphatic heterocycles. The number of piperidine rings is 1. The molecule has 0 radical (unpaired) electrons. The SMILES string of the molecule is O=S(=O)(c1ccccn1)c1cc(Cl)ccc1S(=O)(=O)N1CC2C(CNCC(F)(F)F)C2C1. The zero-order chi connectivity index (χ0) is 23.3. The van der Waals surface area contributed by atoms with Gasteiger partial charge < -0.3 is 5.32 Å². The molecule has 2 aliphatic rings. The van der Waals surface area contributed by atoms with Crippen molar-refractivity contribution >= 4 is 31.5 Å². The van der Waals surface area contributed by atoms with Gasteiger partial charge in [0.15, 0.2) is 5.03 Å². The predicted molar refractivity (Wildman–Crippen MR) is 109 cm³/mol. The van der Waals surface area contributed by atoms with E-state index >= 15 is 0 Å². The van der Waals surface area contributed by atoms with Crippen LogP contribution >= 0.6 is 11.6 Å². The minimum atomic E-state index is -4.30. The van der Waals surface area contributed by atoms with Crippen LogP contribution in [0.15, 0.2) is 57.4 Å². The predicted octanol–water partition coefficient (Wildman–Crippen LogP) is 2.59. The highest BCUT2D eigenvalue weighted by Gasteiger charge is 2.57. The Hall–Kier alpha value is -1.73. The highest BCUT2D eigenvalue weighted by molar-refractivity contribution is 7.93. The van der Waals surface area contributed by atoms with Gasteiger partial charge in [0.1, 0.15) is 4.90 Å². The summed E-state index contributed by atoms with van der Waals surface area (Å²) < 4.78 is 90.8. The zero-order valence-electron chi connectivity index (χ0n) is 16.5. The maximum atomic E-state index is 13.3. The van der Waals surface area contributed by atoms with Crippen LogP contribution in [0.3, 0.4) is 0 Å². The van der Waals surface area contributed by atoms with E-state index in [0.717, 1.165) is 12.1 Å². The molecule has 1 aromatic carbocycles. The molecule has 2 atom stereocenters. The van der Waals surface area contributed by atoms with E-state index in [-0.39, 0.29) is 47.4 Å². The molecule has 0 amide bonds. The second kappa shape index (κ2) is 8.24. The number of hydrogen-bond acceptors (Lipinski definition) is 6. The number of alkyl halides is 3. The van der Waals surface area contributed by atoms with Crippen LogP contribution < -0.4 is 5.32 Å². The fraction of sp³-hybridized carbons (Fsp3) is 0.421. The van der Waals surface area contributed by atoms with Gasteiger partial charge in [0.05, 0.1) is 11.4 Å². The Morgan fingerprint density at radius 3 is 2.34 bits per heavy atom. The highest BCUT2D eigenvalue weighted by Crippen LogP contribution is 2.52. The average molecular weight is 510 g/mol. The number of benzene rings is 1. The van der Waals surface area contributed by atoms with E-state index in [1.54, 1.807) is 0 Å². The van der Waals surface area contributed by atoms with Crippen LogP contribution in [-0.4, -0.2) is 58.5 Å². The maximum absolute atomic E-state index is 13.3. The molecule has 1 aliphatic carbocycles. The highest BCUT2D eigenvalue weighted by atomic mass is 35.5. The van der Waals surface area contributed by atoms with E-state index in [0.29, 0.717) is 0 Å². The van der Waals surface area contributed by atoms with Crippen molar-refractivity contribution in [2.75, 3.05) is 26.2 Å². The number of aromatic nitrogens is 1. The number of hydrogen-bond donors (Lipinski definition) is 1. The van der Waals surface area contributed by atoms with Crippen LogP contribution in [0.5, 0.6) is 0 Å². The monoisotopic (exact) mass is 509 g/mol. The molecule has 32 heavy (non-hydrogen) atoms. The van der Waals surface area contributed by atoms with Crippen molar-refractivity contribution in [3.8, 4) is 0 Å². The number of fused-ring (bicyclic) bond motifs is 1. The molecule has 2 heterocycles. The zero-order valence-corrected chi connectivity index (χ0v) is 18.8. The first-order chi connectivity index (χ1) is 14.9. The Bertz CT molecular complexity index is 1210. The fourth-order valence-corrected chi connectivity index (χ4v) is 7.90. The van der Waals surface area contributed by atoms with Crippen LogP contribution in [0.2, 0.25) is 5.02 Å². The van der Waals surface area contributed by atoms with E-state index < -0.39 is 42.4 Å². The summed E-state index contributed by atoms with van der Waals surface area (Å²) in [5, 5.41) is 2.11. The third-order valence-electron chi connectivity index (χ3n) is 5.77. The average Bonchev–Trinajstić information content (AvgIpc) is 3.16. The Labute approximate surface area is 188 Å². The summed E-state index contributed by atoms with van der Waals surface area (Å²) in [5.41, 5.74) is 0. The molecule has 2 unspecified atom stereocenters. The van der Waals surface area contributed by atoms with Crippen LogP contribution in [0.25, 0.3) is 0 Å². The van der Waals surface area contributed by atoms with Crippen molar-refractivity contribution in [3.05, 3.63) is 47.6 Å². The van der Waals surface area contributed by atoms with Gasteiger partial charge in [-0.3, -0.25) is 0 Å². The first-order valence-corrected chi connectivity index (χ1v) is 12.9. The third-order valence-corrected chi connectivity index (χ3v) is 9.73. The van der Waals surface area contributed by atoms with Crippen LogP contribution in [0.4, 0.5) is 13.2 Å². The molecule has 1 aromatic heterocycles. The minimum Gasteiger partial charge on any atom is -0.308 e. The summed E-state index contributed by atoms with van der Waals surface area (Å²) in [6.07, 6.45) is -3.02. The lowest BCUT2D eigenvalue weighted by Gasteiger charge is -2.21. The number of nitrogens with zero attached hydrogens (tertiary/aromatic N) is 2. The van der Waals surface area contributed by atoms with E-state index in [1.807, 2.05) is 0 Å². The second-order valence-corrected chi connectivity index (χ2v) is 12.0. The topological polar surface area (TPSA) is 96.4 Å². The van der Waals surface area contributed by atoms with Gasteiger partial charge in [-0.1, -0.05) is 17.7 Å². The lowest BCUT2D eigenvalue weighted by atomic mass is 10.3. The number of pyridine rings is 1. The number of sulfone groups is 1. The van der Waals surface area contributed by atoms with Gasteiger partial charge in [-0.15, -0.1) is 0 Å². The molecule has 1 N–H and O–H groups in total. The maximum Gasteiger partial charge on any atom is 0.401 e. The summed E-state index contributed by atoms with van der Waals surface area (Å²) in [6.45, 7) is -0.693. The molecule has 13 heteroatoms. The van der Waals surface area contributed by atoms with E-state index in [4.69, 9.17) is 11.6 Å². The molecule has 1 saturated carbocycles. The molecule has 174 valence electrons. The molecule has 0 bridgehead atoms. The van der Waals surface area contributed by atoms with E-state index in [9.17, 15) is 30.0 Å². The summed E-state index contributed by atoms with van der Waals surface area (Å²) in [7, 11) is -8.44. The van der Waals surface area contributed by atoms with Crippen molar-refractivity contribution in [1.82, 2.24) is 14.6 Å². The van der Waals surface area contributed by atoms with Crippen LogP contribution in [0.1, 0.15) is 0 Å². The normalized spacial score (nSPS) is 23.8. The first-order valence-electron chi connectivity index (χ1n) is 9.64. The van der Waals surface area contributed by atoms with Gasteiger partial charge >= 0.3 is 6.18 Å². The Morgan fingerprint density at radius 1 is 1.06 bits per heavy atom. The summed E-state index contributed by atoms with van der Waals surface area (Å²) >= 11 is 5.97. The second-order valence-electron chi connectivity index (χ2n) is 7.82. The lowest BCUT2D eigenvalue weighted by molar-refractivity contribution is -0.124. The molecule has 0 spiro atoms. The summed E-state index contributed by atoms with van der Waals surface area (Å²) in [4.78, 5) is 2.96. The third kappa shape index (κ3) is 4.51. The smallest absolute Gasteiger partial charge is 0.308 e. The standard InChI is InChI=1S/C19H19ClF3N3O4S2/c20-12-4-5-16(17(7-12)31(27,28)18-3-1-2-6-25-18)32(29,30)26-9-14-13(15(14)10-26)8-24-11-19(21,22)23/h1-7,13-15,24H,8-11H2. The Kier molecular flexibility index (Phi) is 6.04. The Balaban J connectivity index is 1.54. The number of nitrogens with one attached hydrogen (secondary N) is 1. The largest absolute Gasteiger partial charge is 0.401 e. The first kappa shape index (κ1) is 23.4. The molecule has 1 saturated heterocycles. The van der Waals surface area contributed by atoms with E-state index in [1.165, 1.54) is 34.8 Å². The quantitative estimate of drug-likeness (QED) is 0.616. The number of halogens is 4. The molecule has 2 fully saturated rings. The van der Waals surface area contributed by atoms with Gasteiger partial charge in [0, 0.05) is 24.3 Å². The molecular weight excluding hydrogens is 491 g/mol. The molecular formula is C19H19ClF3N3O4S2. The molecule has 7 nitrogen and oxygen atoms in total. The van der Waals surface area contributed by atoms with Crippen molar-refractivity contribution < 1.29 is 30.0 Å². The number of rotatable bonds is 7. The summed E-state index contributed by atoms with van der Waals surface area (Å²) in [6, 6.07) is 7.80. The van der Waals surface area contributed by atoms with E-state index in [2.05, 4.69) is 10.3 Å². The minimum absolute atomic E-state index is 0.0364. The summed E-state index contributed by atoms with van der Waals surface area (Å²) in [5.74, 6) is -0.159. The van der Waals surface area contributed by atoms with Gasteiger partial charge in [0.2, 0.25) is 19.9 Å². The van der Waals surface area contributed by atoms with Gasteiger partial charge in [-0.25, -0.2) is 21.8 Å². The van der Waals surface area contributed by atoms with Crippen molar-refractivity contribution in [3.63, 3.8) is 0 Å². The van der Waals surface area contributed by atoms with Crippen molar-refractivity contribution in [1.29, 1.82) is 0 Å². The van der Waals surface area contributed by atoms with Crippen molar-refractivity contribution in [2.45, 2.75) is 21.0 Å². The Morgan fingerprint density at radius 2 is 1.75 bits per heavy atom.